The summed E-state index contributed by atoms with van der Waals surface area (Å²) in [5, 5.41) is 3.46. The van der Waals surface area contributed by atoms with Gasteiger partial charge in [0.1, 0.15) is 11.5 Å². The quantitative estimate of drug-likeness (QED) is 0.841. The van der Waals surface area contributed by atoms with Crippen LogP contribution in [0.1, 0.15) is 29.2 Å². The van der Waals surface area contributed by atoms with Crippen LogP contribution in [0, 0.1) is 0 Å². The number of furan rings is 1. The van der Waals surface area contributed by atoms with Gasteiger partial charge >= 0.3 is 0 Å². The minimum Gasteiger partial charge on any atom is -0.463 e. The zero-order chi connectivity index (χ0) is 13.9. The molecule has 3 rings (SSSR count). The summed E-state index contributed by atoms with van der Waals surface area (Å²) < 4.78 is 6.70. The highest BCUT2D eigenvalue weighted by Crippen LogP contribution is 2.23. The fourth-order valence-electron chi connectivity index (χ4n) is 2.16. The molecule has 0 saturated heterocycles. The topological polar surface area (TPSA) is 28.4 Å². The Balaban J connectivity index is 1.48. The lowest BCUT2D eigenvalue weighted by Gasteiger charge is -2.13. The van der Waals surface area contributed by atoms with Gasteiger partial charge in [-0.1, -0.05) is 11.6 Å². The monoisotopic (exact) mass is 310 g/mol. The molecule has 2 heterocycles. The van der Waals surface area contributed by atoms with Crippen molar-refractivity contribution < 1.29 is 4.42 Å². The highest BCUT2D eigenvalue weighted by Gasteiger charge is 2.20. The Kier molecular flexibility index (Phi) is 4.46. The second kappa shape index (κ2) is 6.31. The van der Waals surface area contributed by atoms with Gasteiger partial charge in [-0.25, -0.2) is 0 Å². The van der Waals surface area contributed by atoms with Crippen LogP contribution in [0.25, 0.3) is 0 Å². The molecule has 0 bridgehead atoms. The van der Waals surface area contributed by atoms with E-state index in [1.165, 1.54) is 17.7 Å². The maximum absolute atomic E-state index is 5.95. The van der Waals surface area contributed by atoms with Gasteiger partial charge in [0.05, 0.1) is 17.4 Å². The number of nitrogens with zero attached hydrogens (tertiary/aromatic N) is 1. The van der Waals surface area contributed by atoms with E-state index in [1.807, 2.05) is 6.07 Å². The Morgan fingerprint density at radius 2 is 2.05 bits per heavy atom. The summed E-state index contributed by atoms with van der Waals surface area (Å²) in [5.74, 6) is 2.04. The molecular formula is C15H19ClN2OS. The summed E-state index contributed by atoms with van der Waals surface area (Å²) in [5.41, 5.74) is 0. The molecule has 1 saturated carbocycles. The second-order valence-corrected chi connectivity index (χ2v) is 7.20. The molecule has 1 N–H and O–H groups in total. The van der Waals surface area contributed by atoms with Gasteiger partial charge in [-0.15, -0.1) is 11.3 Å². The Labute approximate surface area is 128 Å². The number of hydrogen-bond donors (Lipinski definition) is 1. The van der Waals surface area contributed by atoms with E-state index in [1.54, 1.807) is 11.3 Å². The summed E-state index contributed by atoms with van der Waals surface area (Å²) in [4.78, 5) is 3.51. The average Bonchev–Trinajstić information content (AvgIpc) is 3.00. The van der Waals surface area contributed by atoms with Crippen molar-refractivity contribution in [2.75, 3.05) is 7.05 Å². The van der Waals surface area contributed by atoms with Crippen LogP contribution in [0.5, 0.6) is 0 Å². The molecule has 1 aliphatic carbocycles. The SMILES string of the molecule is CN(Cc1ccc(CNC2CC2)o1)Cc1ccc(Cl)s1. The van der Waals surface area contributed by atoms with E-state index in [2.05, 4.69) is 35.5 Å². The van der Waals surface area contributed by atoms with Crippen molar-refractivity contribution in [3.8, 4) is 0 Å². The molecule has 20 heavy (non-hydrogen) atoms. The number of thiophene rings is 1. The Morgan fingerprint density at radius 3 is 2.75 bits per heavy atom. The summed E-state index contributed by atoms with van der Waals surface area (Å²) in [7, 11) is 2.10. The van der Waals surface area contributed by atoms with E-state index < -0.39 is 0 Å². The lowest BCUT2D eigenvalue weighted by Crippen LogP contribution is -2.16. The average molecular weight is 311 g/mol. The molecule has 0 spiro atoms. The van der Waals surface area contributed by atoms with E-state index in [9.17, 15) is 0 Å². The number of hydrogen-bond acceptors (Lipinski definition) is 4. The van der Waals surface area contributed by atoms with E-state index in [0.717, 1.165) is 41.5 Å². The van der Waals surface area contributed by atoms with Crippen LogP contribution >= 0.6 is 22.9 Å². The molecule has 0 atom stereocenters. The van der Waals surface area contributed by atoms with Crippen LogP contribution in [-0.4, -0.2) is 18.0 Å². The first-order valence-electron chi connectivity index (χ1n) is 6.93. The Bertz CT molecular complexity index is 562. The molecule has 0 amide bonds. The summed E-state index contributed by atoms with van der Waals surface area (Å²) in [6, 6.07) is 8.89. The molecule has 2 aromatic rings. The van der Waals surface area contributed by atoms with Gasteiger partial charge in [-0.3, -0.25) is 4.90 Å². The van der Waals surface area contributed by atoms with Crippen LogP contribution in [0.4, 0.5) is 0 Å². The number of halogens is 1. The normalized spacial score (nSPS) is 15.2. The van der Waals surface area contributed by atoms with Gasteiger partial charge < -0.3 is 9.73 Å². The highest BCUT2D eigenvalue weighted by atomic mass is 35.5. The summed E-state index contributed by atoms with van der Waals surface area (Å²) in [6.07, 6.45) is 2.61. The molecule has 1 aliphatic rings. The minimum atomic E-state index is 0.717. The minimum absolute atomic E-state index is 0.717. The third-order valence-corrected chi connectivity index (χ3v) is 4.56. The zero-order valence-electron chi connectivity index (χ0n) is 11.6. The molecule has 1 fully saturated rings. The summed E-state index contributed by atoms with van der Waals surface area (Å²) in [6.45, 7) is 2.56. The van der Waals surface area contributed by atoms with Crippen LogP contribution < -0.4 is 5.32 Å². The molecule has 5 heteroatoms. The van der Waals surface area contributed by atoms with Crippen molar-refractivity contribution in [1.82, 2.24) is 10.2 Å². The highest BCUT2D eigenvalue weighted by molar-refractivity contribution is 7.16. The van der Waals surface area contributed by atoms with Gasteiger partial charge in [0.15, 0.2) is 0 Å². The fourth-order valence-corrected chi connectivity index (χ4v) is 3.33. The van der Waals surface area contributed by atoms with Crippen LogP contribution in [0.3, 0.4) is 0 Å². The van der Waals surface area contributed by atoms with E-state index in [4.69, 9.17) is 16.0 Å². The van der Waals surface area contributed by atoms with E-state index in [-0.39, 0.29) is 0 Å². The third kappa shape index (κ3) is 4.09. The van der Waals surface area contributed by atoms with Gasteiger partial charge in [0.25, 0.3) is 0 Å². The number of rotatable bonds is 7. The molecule has 108 valence electrons. The standard InChI is InChI=1S/C15H19ClN2OS/c1-18(10-14-6-7-15(16)20-14)9-13-5-4-12(19-13)8-17-11-2-3-11/h4-7,11,17H,2-3,8-10H2,1H3. The van der Waals surface area contributed by atoms with Crippen LogP contribution in [-0.2, 0) is 19.6 Å². The van der Waals surface area contributed by atoms with Gasteiger partial charge in [0.2, 0.25) is 0 Å². The molecule has 0 aromatic carbocycles. The maximum Gasteiger partial charge on any atom is 0.118 e. The van der Waals surface area contributed by atoms with Crippen LogP contribution in [0.15, 0.2) is 28.7 Å². The molecular weight excluding hydrogens is 292 g/mol. The first kappa shape index (κ1) is 14.1. The maximum atomic E-state index is 5.95. The second-order valence-electron chi connectivity index (χ2n) is 5.40. The molecule has 0 aliphatic heterocycles. The summed E-state index contributed by atoms with van der Waals surface area (Å²) >= 11 is 7.58. The lowest BCUT2D eigenvalue weighted by atomic mass is 10.3. The van der Waals surface area contributed by atoms with Crippen molar-refractivity contribution in [3.63, 3.8) is 0 Å². The molecule has 3 nitrogen and oxygen atoms in total. The Morgan fingerprint density at radius 1 is 1.25 bits per heavy atom. The predicted molar refractivity (Wildman–Crippen MR) is 83.1 cm³/mol. The first-order chi connectivity index (χ1) is 9.69. The fraction of sp³-hybridized carbons (Fsp3) is 0.467. The molecule has 0 unspecified atom stereocenters. The zero-order valence-corrected chi connectivity index (χ0v) is 13.1. The van der Waals surface area contributed by atoms with Crippen molar-refractivity contribution in [3.05, 3.63) is 45.0 Å². The van der Waals surface area contributed by atoms with Gasteiger partial charge in [0, 0.05) is 17.5 Å². The molecule has 0 radical (unpaired) electrons. The van der Waals surface area contributed by atoms with E-state index in [0.29, 0.717) is 0 Å². The lowest BCUT2D eigenvalue weighted by molar-refractivity contribution is 0.284. The Hall–Kier alpha value is -0.810. The molecule has 2 aromatic heterocycles. The van der Waals surface area contributed by atoms with Crippen molar-refractivity contribution in [1.29, 1.82) is 0 Å². The van der Waals surface area contributed by atoms with Crippen molar-refractivity contribution in [2.45, 2.75) is 38.5 Å². The van der Waals surface area contributed by atoms with Crippen molar-refractivity contribution in [2.24, 2.45) is 0 Å². The van der Waals surface area contributed by atoms with Crippen molar-refractivity contribution >= 4 is 22.9 Å². The van der Waals surface area contributed by atoms with Gasteiger partial charge in [-0.2, -0.15) is 0 Å². The smallest absolute Gasteiger partial charge is 0.118 e. The predicted octanol–water partition coefficient (Wildman–Crippen LogP) is 3.88. The third-order valence-electron chi connectivity index (χ3n) is 3.34. The van der Waals surface area contributed by atoms with E-state index >= 15 is 0 Å². The number of nitrogens with one attached hydrogen (secondary N) is 1. The van der Waals surface area contributed by atoms with Crippen LogP contribution in [0.2, 0.25) is 4.34 Å². The largest absolute Gasteiger partial charge is 0.463 e. The first-order valence-corrected chi connectivity index (χ1v) is 8.12. The van der Waals surface area contributed by atoms with Gasteiger partial charge in [-0.05, 0) is 44.2 Å².